The summed E-state index contributed by atoms with van der Waals surface area (Å²) in [6.45, 7) is 1.20. The van der Waals surface area contributed by atoms with Gasteiger partial charge in [0.05, 0.1) is 0 Å². The van der Waals surface area contributed by atoms with Crippen LogP contribution in [0, 0.1) is 5.92 Å². The molecular formula is C13H21N3. The number of nitrogens with zero attached hydrogens (tertiary/aromatic N) is 2. The molecule has 0 radical (unpaired) electrons. The Kier molecular flexibility index (Phi) is 2.72. The van der Waals surface area contributed by atoms with Crippen molar-refractivity contribution in [2.45, 2.75) is 44.1 Å². The van der Waals surface area contributed by atoms with Crippen LogP contribution >= 0.6 is 0 Å². The van der Waals surface area contributed by atoms with Crippen LogP contribution in [0.3, 0.4) is 0 Å². The van der Waals surface area contributed by atoms with Gasteiger partial charge in [-0.1, -0.05) is 6.42 Å². The van der Waals surface area contributed by atoms with Gasteiger partial charge in [0.25, 0.3) is 0 Å². The molecule has 1 N–H and O–H groups in total. The molecule has 2 fully saturated rings. The van der Waals surface area contributed by atoms with Crippen LogP contribution in [0.2, 0.25) is 0 Å². The lowest BCUT2D eigenvalue weighted by atomic mass is 9.95. The van der Waals surface area contributed by atoms with E-state index in [1.54, 1.807) is 0 Å². The quantitative estimate of drug-likeness (QED) is 0.840. The number of rotatable bonds is 4. The Morgan fingerprint density at radius 2 is 2.25 bits per heavy atom. The Labute approximate surface area is 97.3 Å². The second-order valence-corrected chi connectivity index (χ2v) is 5.38. The predicted molar refractivity (Wildman–Crippen MR) is 64.3 cm³/mol. The number of hydrogen-bond acceptors (Lipinski definition) is 2. The minimum absolute atomic E-state index is 0.686. The second-order valence-electron chi connectivity index (χ2n) is 5.38. The van der Waals surface area contributed by atoms with E-state index in [2.05, 4.69) is 28.1 Å². The maximum absolute atomic E-state index is 4.53. The van der Waals surface area contributed by atoms with Gasteiger partial charge < -0.3 is 9.88 Å². The Morgan fingerprint density at radius 3 is 2.94 bits per heavy atom. The zero-order valence-electron chi connectivity index (χ0n) is 10.0. The van der Waals surface area contributed by atoms with Gasteiger partial charge in [0.2, 0.25) is 0 Å². The van der Waals surface area contributed by atoms with Gasteiger partial charge in [-0.25, -0.2) is 4.98 Å². The minimum Gasteiger partial charge on any atom is -0.338 e. The van der Waals surface area contributed by atoms with Crippen LogP contribution in [0.15, 0.2) is 12.4 Å². The van der Waals surface area contributed by atoms with E-state index in [0.29, 0.717) is 5.92 Å². The van der Waals surface area contributed by atoms with Gasteiger partial charge in [0.15, 0.2) is 0 Å². The van der Waals surface area contributed by atoms with Gasteiger partial charge in [0.1, 0.15) is 5.82 Å². The summed E-state index contributed by atoms with van der Waals surface area (Å²) in [5.41, 5.74) is 0. The Hall–Kier alpha value is -0.830. The molecule has 0 aromatic carbocycles. The predicted octanol–water partition coefficient (Wildman–Crippen LogP) is 2.06. The normalized spacial score (nSPS) is 29.8. The van der Waals surface area contributed by atoms with Crippen LogP contribution in [0.1, 0.15) is 43.8 Å². The highest BCUT2D eigenvalue weighted by molar-refractivity contribution is 5.05. The van der Waals surface area contributed by atoms with Gasteiger partial charge in [-0.15, -0.1) is 0 Å². The molecule has 0 spiro atoms. The van der Waals surface area contributed by atoms with Crippen molar-refractivity contribution in [3.05, 3.63) is 18.2 Å². The Morgan fingerprint density at radius 1 is 1.38 bits per heavy atom. The monoisotopic (exact) mass is 219 g/mol. The summed E-state index contributed by atoms with van der Waals surface area (Å²) in [7, 11) is 2.12. The van der Waals surface area contributed by atoms with Gasteiger partial charge >= 0.3 is 0 Å². The fourth-order valence-electron chi connectivity index (χ4n) is 2.96. The summed E-state index contributed by atoms with van der Waals surface area (Å²) in [5, 5.41) is 3.67. The highest BCUT2D eigenvalue weighted by Crippen LogP contribution is 2.38. The topological polar surface area (TPSA) is 29.9 Å². The van der Waals surface area contributed by atoms with Crippen molar-refractivity contribution in [2.75, 3.05) is 6.54 Å². The zero-order valence-corrected chi connectivity index (χ0v) is 10.0. The first-order chi connectivity index (χ1) is 7.84. The molecular weight excluding hydrogens is 198 g/mol. The number of imidazole rings is 1. The molecule has 2 atom stereocenters. The number of nitrogens with one attached hydrogen (secondary N) is 1. The van der Waals surface area contributed by atoms with Crippen LogP contribution in [0.5, 0.6) is 0 Å². The third kappa shape index (κ3) is 2.01. The molecule has 2 aliphatic carbocycles. The molecule has 1 aromatic heterocycles. The molecule has 1 heterocycles. The molecule has 0 amide bonds. The standard InChI is InChI=1S/C13H21N3/c1-16-8-7-14-13(16)12-4-2-3-10(12)9-15-11-5-6-11/h7-8,10-12,15H,2-6,9H2,1H3. The largest absolute Gasteiger partial charge is 0.338 e. The van der Waals surface area contributed by atoms with Crippen molar-refractivity contribution < 1.29 is 0 Å². The van der Waals surface area contributed by atoms with Crippen molar-refractivity contribution in [1.29, 1.82) is 0 Å². The molecule has 3 heteroatoms. The summed E-state index contributed by atoms with van der Waals surface area (Å²) in [6, 6.07) is 0.836. The van der Waals surface area contributed by atoms with Crippen LogP contribution in [0.25, 0.3) is 0 Å². The van der Waals surface area contributed by atoms with Crippen molar-refractivity contribution in [3.63, 3.8) is 0 Å². The minimum atomic E-state index is 0.686. The molecule has 0 bridgehead atoms. The molecule has 16 heavy (non-hydrogen) atoms. The fourth-order valence-corrected chi connectivity index (χ4v) is 2.96. The van der Waals surface area contributed by atoms with Crippen molar-refractivity contribution in [3.8, 4) is 0 Å². The smallest absolute Gasteiger partial charge is 0.111 e. The summed E-state index contributed by atoms with van der Waals surface area (Å²) < 4.78 is 2.19. The second kappa shape index (κ2) is 4.21. The molecule has 88 valence electrons. The molecule has 2 saturated carbocycles. The average Bonchev–Trinajstić information content (AvgIpc) is 2.83. The number of aryl methyl sites for hydroxylation is 1. The van der Waals surface area contributed by atoms with Gasteiger partial charge in [0, 0.05) is 31.4 Å². The molecule has 2 unspecified atom stereocenters. The van der Waals surface area contributed by atoms with E-state index in [-0.39, 0.29) is 0 Å². The maximum atomic E-state index is 4.53. The SMILES string of the molecule is Cn1ccnc1C1CCCC1CNC1CC1. The van der Waals surface area contributed by atoms with Crippen LogP contribution in [0.4, 0.5) is 0 Å². The van der Waals surface area contributed by atoms with Gasteiger partial charge in [-0.05, 0) is 38.1 Å². The molecule has 0 saturated heterocycles. The first kappa shape index (κ1) is 10.3. The van der Waals surface area contributed by atoms with E-state index in [9.17, 15) is 0 Å². The Bertz CT molecular complexity index is 354. The van der Waals surface area contributed by atoms with E-state index < -0.39 is 0 Å². The van der Waals surface area contributed by atoms with Crippen LogP contribution < -0.4 is 5.32 Å². The number of hydrogen-bond donors (Lipinski definition) is 1. The van der Waals surface area contributed by atoms with Crippen LogP contribution in [-0.2, 0) is 7.05 Å². The molecule has 3 nitrogen and oxygen atoms in total. The zero-order chi connectivity index (χ0) is 11.0. The summed E-state index contributed by atoms with van der Waals surface area (Å²) >= 11 is 0. The molecule has 2 aliphatic rings. The molecule has 0 aliphatic heterocycles. The van der Waals surface area contributed by atoms with E-state index in [1.165, 1.54) is 44.5 Å². The van der Waals surface area contributed by atoms with Gasteiger partial charge in [-0.2, -0.15) is 0 Å². The first-order valence-corrected chi connectivity index (χ1v) is 6.55. The fraction of sp³-hybridized carbons (Fsp3) is 0.769. The maximum Gasteiger partial charge on any atom is 0.111 e. The summed E-state index contributed by atoms with van der Waals surface area (Å²) in [4.78, 5) is 4.53. The van der Waals surface area contributed by atoms with E-state index in [1.807, 2.05) is 6.20 Å². The van der Waals surface area contributed by atoms with Crippen molar-refractivity contribution >= 4 is 0 Å². The lowest BCUT2D eigenvalue weighted by Crippen LogP contribution is -2.27. The van der Waals surface area contributed by atoms with E-state index in [4.69, 9.17) is 0 Å². The van der Waals surface area contributed by atoms with Gasteiger partial charge in [-0.3, -0.25) is 0 Å². The van der Waals surface area contributed by atoms with E-state index in [0.717, 1.165) is 12.0 Å². The van der Waals surface area contributed by atoms with Crippen LogP contribution in [-0.4, -0.2) is 22.1 Å². The highest BCUT2D eigenvalue weighted by Gasteiger charge is 2.32. The third-order valence-corrected chi connectivity index (χ3v) is 4.10. The number of aromatic nitrogens is 2. The Balaban J connectivity index is 1.66. The molecule has 1 aromatic rings. The summed E-state index contributed by atoms with van der Waals surface area (Å²) in [5.74, 6) is 2.79. The average molecular weight is 219 g/mol. The van der Waals surface area contributed by atoms with E-state index >= 15 is 0 Å². The molecule has 3 rings (SSSR count). The lowest BCUT2D eigenvalue weighted by Gasteiger charge is -2.19. The highest BCUT2D eigenvalue weighted by atomic mass is 15.0. The third-order valence-electron chi connectivity index (χ3n) is 4.10. The van der Waals surface area contributed by atoms with Crippen molar-refractivity contribution in [2.24, 2.45) is 13.0 Å². The summed E-state index contributed by atoms with van der Waals surface area (Å²) in [6.07, 6.45) is 10.8. The first-order valence-electron chi connectivity index (χ1n) is 6.55. The van der Waals surface area contributed by atoms with Crippen molar-refractivity contribution in [1.82, 2.24) is 14.9 Å². The lowest BCUT2D eigenvalue weighted by molar-refractivity contribution is 0.424.